The molecule has 1 fully saturated rings. The summed E-state index contributed by atoms with van der Waals surface area (Å²) in [6.07, 6.45) is 3.93. The Hall–Kier alpha value is -1.06. The van der Waals surface area contributed by atoms with Gasteiger partial charge in [0.2, 0.25) is 0 Å². The fraction of sp³-hybridized carbons (Fsp3) is 0.600. The van der Waals surface area contributed by atoms with Gasteiger partial charge in [-0.1, -0.05) is 18.2 Å². The molecular weight excluding hydrogens is 224 g/mol. The van der Waals surface area contributed by atoms with Gasteiger partial charge >= 0.3 is 0 Å². The van der Waals surface area contributed by atoms with E-state index in [2.05, 4.69) is 29.2 Å². The number of fused-ring (bicyclic) bond motifs is 1. The van der Waals surface area contributed by atoms with Gasteiger partial charge in [0.05, 0.1) is 6.10 Å². The summed E-state index contributed by atoms with van der Waals surface area (Å²) in [5, 5.41) is 0. The highest BCUT2D eigenvalue weighted by Gasteiger charge is 2.30. The van der Waals surface area contributed by atoms with Crippen molar-refractivity contribution in [3.8, 4) is 0 Å². The second-order valence-electron chi connectivity index (χ2n) is 5.37. The molecule has 0 radical (unpaired) electrons. The molecule has 2 aliphatic rings. The Morgan fingerprint density at radius 2 is 2.22 bits per heavy atom. The van der Waals surface area contributed by atoms with E-state index in [4.69, 9.17) is 10.5 Å². The summed E-state index contributed by atoms with van der Waals surface area (Å²) in [7, 11) is 0. The van der Waals surface area contributed by atoms with Gasteiger partial charge in [-0.2, -0.15) is 0 Å². The van der Waals surface area contributed by atoms with Gasteiger partial charge in [0, 0.05) is 31.3 Å². The average molecular weight is 246 g/mol. The van der Waals surface area contributed by atoms with Gasteiger partial charge in [0.15, 0.2) is 0 Å². The Balaban J connectivity index is 1.76. The van der Waals surface area contributed by atoms with Gasteiger partial charge in [0.1, 0.15) is 0 Å². The maximum absolute atomic E-state index is 5.76. The van der Waals surface area contributed by atoms with Crippen LogP contribution in [-0.2, 0) is 4.74 Å². The highest BCUT2D eigenvalue weighted by atomic mass is 16.5. The number of anilines is 1. The SMILES string of the molecule is NCCC1CN(CC2CCCO2)c2ccccc21. The lowest BCUT2D eigenvalue weighted by molar-refractivity contribution is 0.115. The van der Waals surface area contributed by atoms with E-state index in [1.807, 2.05) is 0 Å². The molecule has 0 bridgehead atoms. The normalized spacial score (nSPS) is 26.6. The van der Waals surface area contributed by atoms with Crippen molar-refractivity contribution in [3.63, 3.8) is 0 Å². The Morgan fingerprint density at radius 3 is 3.00 bits per heavy atom. The van der Waals surface area contributed by atoms with Crippen molar-refractivity contribution in [1.82, 2.24) is 0 Å². The second-order valence-corrected chi connectivity index (χ2v) is 5.37. The summed E-state index contributed by atoms with van der Waals surface area (Å²) in [6, 6.07) is 8.76. The topological polar surface area (TPSA) is 38.5 Å². The molecule has 98 valence electrons. The molecule has 3 rings (SSSR count). The Labute approximate surface area is 109 Å². The minimum atomic E-state index is 0.426. The Morgan fingerprint density at radius 1 is 1.33 bits per heavy atom. The predicted molar refractivity (Wildman–Crippen MR) is 74.0 cm³/mol. The van der Waals surface area contributed by atoms with E-state index in [1.165, 1.54) is 24.1 Å². The Kier molecular flexibility index (Phi) is 3.52. The van der Waals surface area contributed by atoms with Crippen LogP contribution in [-0.4, -0.2) is 32.3 Å². The third kappa shape index (κ3) is 2.25. The average Bonchev–Trinajstić information content (AvgIpc) is 3.00. The van der Waals surface area contributed by atoms with Gasteiger partial charge in [-0.3, -0.25) is 0 Å². The zero-order valence-corrected chi connectivity index (χ0v) is 10.8. The van der Waals surface area contributed by atoms with Crippen LogP contribution in [0.1, 0.15) is 30.7 Å². The van der Waals surface area contributed by atoms with E-state index in [9.17, 15) is 0 Å². The summed E-state index contributed by atoms with van der Waals surface area (Å²) < 4.78 is 5.76. The molecule has 2 aliphatic heterocycles. The summed E-state index contributed by atoms with van der Waals surface area (Å²) in [4.78, 5) is 2.49. The zero-order valence-electron chi connectivity index (χ0n) is 10.8. The summed E-state index contributed by atoms with van der Waals surface area (Å²) >= 11 is 0. The van der Waals surface area contributed by atoms with Crippen molar-refractivity contribution in [1.29, 1.82) is 0 Å². The van der Waals surface area contributed by atoms with Crippen molar-refractivity contribution in [2.45, 2.75) is 31.3 Å². The minimum absolute atomic E-state index is 0.426. The van der Waals surface area contributed by atoms with E-state index >= 15 is 0 Å². The fourth-order valence-corrected chi connectivity index (χ4v) is 3.24. The molecule has 0 saturated carbocycles. The number of benzene rings is 1. The third-order valence-electron chi connectivity index (χ3n) is 4.12. The van der Waals surface area contributed by atoms with Crippen LogP contribution in [0.5, 0.6) is 0 Å². The third-order valence-corrected chi connectivity index (χ3v) is 4.12. The highest BCUT2D eigenvalue weighted by molar-refractivity contribution is 5.60. The van der Waals surface area contributed by atoms with Crippen LogP contribution in [0.4, 0.5) is 5.69 Å². The van der Waals surface area contributed by atoms with Crippen LogP contribution in [0, 0.1) is 0 Å². The maximum atomic E-state index is 5.76. The number of hydrogen-bond donors (Lipinski definition) is 1. The second kappa shape index (κ2) is 5.29. The molecule has 2 unspecified atom stereocenters. The van der Waals surface area contributed by atoms with Gasteiger partial charge < -0.3 is 15.4 Å². The van der Waals surface area contributed by atoms with Crippen molar-refractivity contribution in [3.05, 3.63) is 29.8 Å². The quantitative estimate of drug-likeness (QED) is 0.884. The van der Waals surface area contributed by atoms with E-state index in [0.29, 0.717) is 12.0 Å². The van der Waals surface area contributed by atoms with Crippen LogP contribution >= 0.6 is 0 Å². The Bertz CT molecular complexity index is 401. The molecule has 1 aromatic carbocycles. The number of ether oxygens (including phenoxy) is 1. The molecular formula is C15H22N2O. The molecule has 0 aliphatic carbocycles. The number of para-hydroxylation sites is 1. The molecule has 0 spiro atoms. The summed E-state index contributed by atoms with van der Waals surface area (Å²) in [5.74, 6) is 0.604. The smallest absolute Gasteiger partial charge is 0.0750 e. The molecule has 0 aromatic heterocycles. The molecule has 0 amide bonds. The number of hydrogen-bond acceptors (Lipinski definition) is 3. The molecule has 2 N–H and O–H groups in total. The first kappa shape index (κ1) is 12.0. The van der Waals surface area contributed by atoms with E-state index in [-0.39, 0.29) is 0 Å². The zero-order chi connectivity index (χ0) is 12.4. The van der Waals surface area contributed by atoms with Gasteiger partial charge in [0.25, 0.3) is 0 Å². The largest absolute Gasteiger partial charge is 0.376 e. The molecule has 1 aromatic rings. The molecule has 3 nitrogen and oxygen atoms in total. The van der Waals surface area contributed by atoms with Crippen molar-refractivity contribution >= 4 is 5.69 Å². The van der Waals surface area contributed by atoms with Gasteiger partial charge in [-0.25, -0.2) is 0 Å². The lowest BCUT2D eigenvalue weighted by Crippen LogP contribution is -2.31. The number of nitrogens with zero attached hydrogens (tertiary/aromatic N) is 1. The fourth-order valence-electron chi connectivity index (χ4n) is 3.24. The molecule has 1 saturated heterocycles. The first-order chi connectivity index (χ1) is 8.88. The van der Waals surface area contributed by atoms with Crippen LogP contribution in [0.25, 0.3) is 0 Å². The molecule has 18 heavy (non-hydrogen) atoms. The van der Waals surface area contributed by atoms with Crippen molar-refractivity contribution in [2.24, 2.45) is 5.73 Å². The molecule has 2 atom stereocenters. The lowest BCUT2D eigenvalue weighted by atomic mass is 9.98. The summed E-state index contributed by atoms with van der Waals surface area (Å²) in [5.41, 5.74) is 8.60. The first-order valence-corrected chi connectivity index (χ1v) is 7.04. The van der Waals surface area contributed by atoms with E-state index in [1.54, 1.807) is 0 Å². The van der Waals surface area contributed by atoms with Gasteiger partial charge in [-0.05, 0) is 37.4 Å². The number of nitrogens with two attached hydrogens (primary N) is 1. The maximum Gasteiger partial charge on any atom is 0.0750 e. The standard InChI is InChI=1S/C15H22N2O/c16-8-7-12-10-17(11-13-4-3-9-18-13)15-6-2-1-5-14(12)15/h1-2,5-6,12-13H,3-4,7-11,16H2. The highest BCUT2D eigenvalue weighted by Crippen LogP contribution is 2.38. The molecule has 2 heterocycles. The monoisotopic (exact) mass is 246 g/mol. The van der Waals surface area contributed by atoms with Crippen LogP contribution in [0.3, 0.4) is 0 Å². The summed E-state index contributed by atoms with van der Waals surface area (Å²) in [6.45, 7) is 3.85. The lowest BCUT2D eigenvalue weighted by Gasteiger charge is -2.23. The van der Waals surface area contributed by atoms with E-state index in [0.717, 1.165) is 32.7 Å². The first-order valence-electron chi connectivity index (χ1n) is 7.04. The van der Waals surface area contributed by atoms with Crippen LogP contribution in [0.15, 0.2) is 24.3 Å². The van der Waals surface area contributed by atoms with Gasteiger partial charge in [-0.15, -0.1) is 0 Å². The molecule has 3 heteroatoms. The van der Waals surface area contributed by atoms with Crippen LogP contribution < -0.4 is 10.6 Å². The van der Waals surface area contributed by atoms with Crippen molar-refractivity contribution in [2.75, 3.05) is 31.1 Å². The predicted octanol–water partition coefficient (Wildman–Crippen LogP) is 2.12. The van der Waals surface area contributed by atoms with E-state index < -0.39 is 0 Å². The minimum Gasteiger partial charge on any atom is -0.376 e. The van der Waals surface area contributed by atoms with Crippen molar-refractivity contribution < 1.29 is 4.74 Å². The number of rotatable bonds is 4. The van der Waals surface area contributed by atoms with Crippen LogP contribution in [0.2, 0.25) is 0 Å².